The van der Waals surface area contributed by atoms with Gasteiger partial charge in [-0.05, 0) is 19.1 Å². The fraction of sp³-hybridized carbons (Fsp3) is 0.188. The molecule has 0 aromatic carbocycles. The first-order valence-electron chi connectivity index (χ1n) is 7.27. The van der Waals surface area contributed by atoms with E-state index in [-0.39, 0.29) is 6.04 Å². The van der Waals surface area contributed by atoms with Gasteiger partial charge in [0.1, 0.15) is 5.65 Å². The molecule has 0 aliphatic rings. The van der Waals surface area contributed by atoms with Crippen molar-refractivity contribution in [2.24, 2.45) is 0 Å². The van der Waals surface area contributed by atoms with Gasteiger partial charge in [0.2, 0.25) is 0 Å². The van der Waals surface area contributed by atoms with Crippen molar-refractivity contribution < 1.29 is 0 Å². The first-order chi connectivity index (χ1) is 11.2. The Morgan fingerprint density at radius 3 is 3.17 bits per heavy atom. The van der Waals surface area contributed by atoms with Gasteiger partial charge < -0.3 is 4.98 Å². The van der Waals surface area contributed by atoms with Crippen LogP contribution in [0.4, 0.5) is 0 Å². The molecule has 0 aliphatic heterocycles. The molecule has 23 heavy (non-hydrogen) atoms. The Morgan fingerprint density at radius 1 is 1.43 bits per heavy atom. The van der Waals surface area contributed by atoms with Gasteiger partial charge in [0.05, 0.1) is 28.0 Å². The summed E-state index contributed by atoms with van der Waals surface area (Å²) < 4.78 is 1.87. The number of aromatic amines is 1. The highest BCUT2D eigenvalue weighted by atomic mass is 35.5. The van der Waals surface area contributed by atoms with Crippen molar-refractivity contribution in [2.45, 2.75) is 19.4 Å². The van der Waals surface area contributed by atoms with E-state index in [2.05, 4.69) is 33.4 Å². The molecule has 0 spiro atoms. The van der Waals surface area contributed by atoms with Crippen LogP contribution in [0.5, 0.6) is 0 Å². The highest BCUT2D eigenvalue weighted by Gasteiger charge is 2.13. The summed E-state index contributed by atoms with van der Waals surface area (Å²) >= 11 is 7.60. The molecule has 5 nitrogen and oxygen atoms in total. The standard InChI is InChI=1S/C16H14ClN5S/c1-10(22-8-11(17)6-20-22)5-15-21-14(9-23-15)13-7-19-16-12(13)3-2-4-18-16/h2-4,6-10H,5H2,1H3,(H,18,19)/t10-/m1/s1. The van der Waals surface area contributed by atoms with Crippen molar-refractivity contribution >= 4 is 34.0 Å². The van der Waals surface area contributed by atoms with Crippen LogP contribution in [0.2, 0.25) is 5.02 Å². The predicted octanol–water partition coefficient (Wildman–Crippen LogP) is 4.34. The molecule has 4 aromatic rings. The summed E-state index contributed by atoms with van der Waals surface area (Å²) in [7, 11) is 0. The molecule has 7 heteroatoms. The second-order valence-electron chi connectivity index (χ2n) is 5.42. The normalized spacial score (nSPS) is 12.8. The Labute approximate surface area is 142 Å². The van der Waals surface area contributed by atoms with Crippen molar-refractivity contribution in [3.05, 3.63) is 52.3 Å². The van der Waals surface area contributed by atoms with Crippen LogP contribution in [-0.4, -0.2) is 24.7 Å². The number of hydrogen-bond acceptors (Lipinski definition) is 4. The van der Waals surface area contributed by atoms with Gasteiger partial charge in [-0.2, -0.15) is 5.10 Å². The molecule has 0 amide bonds. The predicted molar refractivity (Wildman–Crippen MR) is 92.9 cm³/mol. The molecule has 0 radical (unpaired) electrons. The average Bonchev–Trinajstić information content (AvgIpc) is 3.26. The highest BCUT2D eigenvalue weighted by Crippen LogP contribution is 2.29. The average molecular weight is 344 g/mol. The largest absolute Gasteiger partial charge is 0.345 e. The molecule has 0 unspecified atom stereocenters. The molecule has 0 saturated heterocycles. The Bertz CT molecular complexity index is 954. The van der Waals surface area contributed by atoms with Crippen LogP contribution in [0.1, 0.15) is 18.0 Å². The zero-order valence-corrected chi connectivity index (χ0v) is 14.0. The second kappa shape index (κ2) is 5.79. The summed E-state index contributed by atoms with van der Waals surface area (Å²) in [5, 5.41) is 9.18. The summed E-state index contributed by atoms with van der Waals surface area (Å²) in [6, 6.07) is 4.21. The zero-order chi connectivity index (χ0) is 15.8. The Balaban J connectivity index is 1.59. The molecule has 0 aliphatic carbocycles. The molecular formula is C16H14ClN5S. The molecule has 1 atom stereocenters. The third-order valence-corrected chi connectivity index (χ3v) is 4.84. The fourth-order valence-corrected chi connectivity index (χ4v) is 3.66. The number of nitrogens with zero attached hydrogens (tertiary/aromatic N) is 4. The van der Waals surface area contributed by atoms with Crippen molar-refractivity contribution in [3.8, 4) is 11.3 Å². The maximum absolute atomic E-state index is 5.93. The fourth-order valence-electron chi connectivity index (χ4n) is 2.60. The molecule has 4 rings (SSSR count). The third kappa shape index (κ3) is 2.75. The van der Waals surface area contributed by atoms with Crippen LogP contribution in [0, 0.1) is 0 Å². The van der Waals surface area contributed by atoms with Gasteiger partial charge >= 0.3 is 0 Å². The van der Waals surface area contributed by atoms with E-state index in [4.69, 9.17) is 16.6 Å². The molecule has 4 aromatic heterocycles. The van der Waals surface area contributed by atoms with Crippen molar-refractivity contribution in [1.29, 1.82) is 0 Å². The van der Waals surface area contributed by atoms with Gasteiger partial charge in [-0.15, -0.1) is 11.3 Å². The number of H-pyrrole nitrogens is 1. The molecule has 0 saturated carbocycles. The number of halogens is 1. The van der Waals surface area contributed by atoms with E-state index in [1.165, 1.54) is 0 Å². The minimum absolute atomic E-state index is 0.214. The summed E-state index contributed by atoms with van der Waals surface area (Å²) in [6.45, 7) is 2.11. The first kappa shape index (κ1) is 14.4. The molecule has 0 fully saturated rings. The second-order valence-corrected chi connectivity index (χ2v) is 6.80. The van der Waals surface area contributed by atoms with E-state index in [1.54, 1.807) is 23.7 Å². The summed E-state index contributed by atoms with van der Waals surface area (Å²) in [5.41, 5.74) is 2.96. The lowest BCUT2D eigenvalue weighted by atomic mass is 10.2. The smallest absolute Gasteiger partial charge is 0.137 e. The van der Waals surface area contributed by atoms with E-state index in [0.717, 1.165) is 33.7 Å². The molecule has 0 bridgehead atoms. The lowest BCUT2D eigenvalue weighted by Gasteiger charge is -2.09. The van der Waals surface area contributed by atoms with Gasteiger partial charge in [-0.25, -0.2) is 9.97 Å². The number of pyridine rings is 1. The monoisotopic (exact) mass is 343 g/mol. The van der Waals surface area contributed by atoms with Gasteiger partial charge in [0, 0.05) is 41.3 Å². The van der Waals surface area contributed by atoms with Crippen LogP contribution >= 0.6 is 22.9 Å². The van der Waals surface area contributed by atoms with Crippen LogP contribution < -0.4 is 0 Å². The quantitative estimate of drug-likeness (QED) is 0.599. The molecule has 4 heterocycles. The highest BCUT2D eigenvalue weighted by molar-refractivity contribution is 7.10. The van der Waals surface area contributed by atoms with Crippen LogP contribution in [0.25, 0.3) is 22.3 Å². The summed E-state index contributed by atoms with van der Waals surface area (Å²) in [5.74, 6) is 0. The van der Waals surface area contributed by atoms with Crippen molar-refractivity contribution in [3.63, 3.8) is 0 Å². The minimum Gasteiger partial charge on any atom is -0.345 e. The summed E-state index contributed by atoms with van der Waals surface area (Å²) in [4.78, 5) is 12.3. The van der Waals surface area contributed by atoms with Gasteiger partial charge in [0.25, 0.3) is 0 Å². The van der Waals surface area contributed by atoms with E-state index in [0.29, 0.717) is 5.02 Å². The van der Waals surface area contributed by atoms with E-state index in [1.807, 2.05) is 23.1 Å². The number of aromatic nitrogens is 5. The maximum Gasteiger partial charge on any atom is 0.137 e. The Hall–Kier alpha value is -2.18. The third-order valence-electron chi connectivity index (χ3n) is 3.77. The molecule has 116 valence electrons. The van der Waals surface area contributed by atoms with E-state index >= 15 is 0 Å². The number of thiazole rings is 1. The Kier molecular flexibility index (Phi) is 3.63. The van der Waals surface area contributed by atoms with Crippen LogP contribution in [0.3, 0.4) is 0 Å². The van der Waals surface area contributed by atoms with Crippen molar-refractivity contribution in [1.82, 2.24) is 24.7 Å². The first-order valence-corrected chi connectivity index (χ1v) is 8.53. The van der Waals surface area contributed by atoms with Gasteiger partial charge in [0.15, 0.2) is 0 Å². The molecule has 1 N–H and O–H groups in total. The minimum atomic E-state index is 0.214. The molecular weight excluding hydrogens is 330 g/mol. The number of hydrogen-bond donors (Lipinski definition) is 1. The summed E-state index contributed by atoms with van der Waals surface area (Å²) in [6.07, 6.45) is 8.07. The van der Waals surface area contributed by atoms with Gasteiger partial charge in [-0.1, -0.05) is 11.6 Å². The maximum atomic E-state index is 5.93. The number of nitrogens with one attached hydrogen (secondary N) is 1. The Morgan fingerprint density at radius 2 is 2.35 bits per heavy atom. The van der Waals surface area contributed by atoms with Gasteiger partial charge in [-0.3, -0.25) is 4.68 Å². The SMILES string of the molecule is C[C@H](Cc1nc(-c2c[nH]c3ncccc23)cs1)n1cc(Cl)cn1. The zero-order valence-electron chi connectivity index (χ0n) is 12.4. The van der Waals surface area contributed by atoms with Crippen LogP contribution in [0.15, 0.2) is 42.3 Å². The van der Waals surface area contributed by atoms with Crippen molar-refractivity contribution in [2.75, 3.05) is 0 Å². The topological polar surface area (TPSA) is 59.4 Å². The number of rotatable bonds is 4. The van der Waals surface area contributed by atoms with E-state index < -0.39 is 0 Å². The lowest BCUT2D eigenvalue weighted by molar-refractivity contribution is 0.488. The van der Waals surface area contributed by atoms with Crippen LogP contribution in [-0.2, 0) is 6.42 Å². The number of fused-ring (bicyclic) bond motifs is 1. The lowest BCUT2D eigenvalue weighted by Crippen LogP contribution is -2.08. The van der Waals surface area contributed by atoms with E-state index in [9.17, 15) is 0 Å².